The molecule has 0 amide bonds. The van der Waals surface area contributed by atoms with E-state index in [0.29, 0.717) is 0 Å². The minimum absolute atomic E-state index is 1.03. The predicted molar refractivity (Wildman–Crippen MR) is 38.9 cm³/mol. The Balaban J connectivity index is 2.16. The summed E-state index contributed by atoms with van der Waals surface area (Å²) in [6, 6.07) is 0. The van der Waals surface area contributed by atoms with E-state index in [1.54, 1.807) is 0 Å². The number of hydrogen-bond acceptors (Lipinski definition) is 1. The van der Waals surface area contributed by atoms with Crippen LogP contribution in [0, 0.1) is 5.92 Å². The molecule has 2 aliphatic heterocycles. The van der Waals surface area contributed by atoms with Gasteiger partial charge in [-0.2, -0.15) is 0 Å². The second-order valence-corrected chi connectivity index (χ2v) is 3.18. The Bertz CT molecular complexity index is 125. The molecule has 50 valence electrons. The molecule has 0 unspecified atom stereocenters. The Hall–Kier alpha value is -0.330. The zero-order chi connectivity index (χ0) is 6.10. The van der Waals surface area contributed by atoms with Gasteiger partial charge < -0.3 is 0 Å². The van der Waals surface area contributed by atoms with E-state index in [2.05, 4.69) is 4.99 Å². The maximum Gasteiger partial charge on any atom is 0.0391 e. The van der Waals surface area contributed by atoms with Gasteiger partial charge in [-0.25, -0.2) is 0 Å². The first-order chi connectivity index (χ1) is 4.45. The van der Waals surface area contributed by atoms with Gasteiger partial charge in [0.05, 0.1) is 0 Å². The molecular weight excluding hydrogens is 110 g/mol. The molecule has 0 spiro atoms. The highest BCUT2D eigenvalue weighted by Gasteiger charge is 2.19. The average Bonchev–Trinajstić information content (AvgIpc) is 2.21. The summed E-state index contributed by atoms with van der Waals surface area (Å²) in [6.07, 6.45) is 6.84. The van der Waals surface area contributed by atoms with Crippen LogP contribution in [0.3, 0.4) is 0 Å². The van der Waals surface area contributed by atoms with Gasteiger partial charge in [0.15, 0.2) is 0 Å². The Morgan fingerprint density at radius 1 is 1.11 bits per heavy atom. The van der Waals surface area contributed by atoms with E-state index in [4.69, 9.17) is 0 Å². The molecule has 0 radical (unpaired) electrons. The molecular formula is C8H13N. The molecule has 1 nitrogen and oxygen atoms in total. The molecule has 0 N–H and O–H groups in total. The summed E-state index contributed by atoms with van der Waals surface area (Å²) in [7, 11) is 0. The molecule has 0 aromatic rings. The summed E-state index contributed by atoms with van der Waals surface area (Å²) in [6.45, 7) is 1.12. The molecule has 1 heteroatoms. The fraction of sp³-hybridized carbons (Fsp3) is 0.875. The summed E-state index contributed by atoms with van der Waals surface area (Å²) >= 11 is 0. The monoisotopic (exact) mass is 123 g/mol. The van der Waals surface area contributed by atoms with Gasteiger partial charge in [0, 0.05) is 12.3 Å². The summed E-state index contributed by atoms with van der Waals surface area (Å²) in [5.41, 5.74) is 1.50. The van der Waals surface area contributed by atoms with Crippen LogP contribution in [-0.2, 0) is 0 Å². The molecule has 0 aromatic carbocycles. The smallest absolute Gasteiger partial charge is 0.0391 e. The molecule has 1 aliphatic carbocycles. The van der Waals surface area contributed by atoms with Crippen LogP contribution in [0.2, 0.25) is 0 Å². The Morgan fingerprint density at radius 2 is 1.89 bits per heavy atom. The van der Waals surface area contributed by atoms with Gasteiger partial charge in [0.25, 0.3) is 0 Å². The molecule has 2 bridgehead atoms. The molecule has 0 atom stereocenters. The number of rotatable bonds is 0. The van der Waals surface area contributed by atoms with Crippen LogP contribution < -0.4 is 0 Å². The van der Waals surface area contributed by atoms with Gasteiger partial charge in [0.2, 0.25) is 0 Å². The van der Waals surface area contributed by atoms with E-state index in [1.165, 1.54) is 37.8 Å². The number of fused-ring (bicyclic) bond motifs is 4. The lowest BCUT2D eigenvalue weighted by Gasteiger charge is -2.17. The molecule has 9 heavy (non-hydrogen) atoms. The first-order valence-electron chi connectivity index (χ1n) is 3.97. The van der Waals surface area contributed by atoms with Gasteiger partial charge in [-0.15, -0.1) is 0 Å². The summed E-state index contributed by atoms with van der Waals surface area (Å²) < 4.78 is 0. The van der Waals surface area contributed by atoms with Crippen molar-refractivity contribution in [2.45, 2.75) is 32.1 Å². The minimum atomic E-state index is 1.03. The topological polar surface area (TPSA) is 12.4 Å². The quantitative estimate of drug-likeness (QED) is 0.467. The SMILES string of the molecule is C1CC2CCC(=N1)CC2. The first-order valence-corrected chi connectivity index (χ1v) is 3.97. The van der Waals surface area contributed by atoms with Crippen molar-refractivity contribution < 1.29 is 0 Å². The lowest BCUT2D eigenvalue weighted by atomic mass is 9.87. The van der Waals surface area contributed by atoms with Crippen LogP contribution in [0.1, 0.15) is 32.1 Å². The first kappa shape index (κ1) is 5.45. The lowest BCUT2D eigenvalue weighted by Crippen LogP contribution is -2.09. The third kappa shape index (κ3) is 1.00. The van der Waals surface area contributed by atoms with Gasteiger partial charge >= 0.3 is 0 Å². The number of aliphatic imine (C=N–C) groups is 1. The largest absolute Gasteiger partial charge is 0.294 e. The van der Waals surface area contributed by atoms with Crippen molar-refractivity contribution in [3.8, 4) is 0 Å². The zero-order valence-electron chi connectivity index (χ0n) is 5.77. The van der Waals surface area contributed by atoms with Crippen LogP contribution in [0.15, 0.2) is 4.99 Å². The Kier molecular flexibility index (Phi) is 1.29. The maximum absolute atomic E-state index is 4.50. The van der Waals surface area contributed by atoms with E-state index < -0.39 is 0 Å². The van der Waals surface area contributed by atoms with E-state index in [0.717, 1.165) is 12.5 Å². The molecule has 1 fully saturated rings. The van der Waals surface area contributed by atoms with Gasteiger partial charge in [-0.05, 0) is 38.0 Å². The third-order valence-corrected chi connectivity index (χ3v) is 2.56. The molecule has 0 aromatic heterocycles. The van der Waals surface area contributed by atoms with Gasteiger partial charge in [-0.3, -0.25) is 4.99 Å². The number of nitrogens with zero attached hydrogens (tertiary/aromatic N) is 1. The van der Waals surface area contributed by atoms with Crippen LogP contribution in [0.25, 0.3) is 0 Å². The predicted octanol–water partition coefficient (Wildman–Crippen LogP) is 2.02. The summed E-state index contributed by atoms with van der Waals surface area (Å²) in [5.74, 6) is 1.03. The van der Waals surface area contributed by atoms with Crippen molar-refractivity contribution in [2.75, 3.05) is 6.54 Å². The van der Waals surface area contributed by atoms with Crippen molar-refractivity contribution in [1.82, 2.24) is 0 Å². The molecule has 0 saturated heterocycles. The highest BCUT2D eigenvalue weighted by Crippen LogP contribution is 2.27. The van der Waals surface area contributed by atoms with Gasteiger partial charge in [0.1, 0.15) is 0 Å². The third-order valence-electron chi connectivity index (χ3n) is 2.56. The highest BCUT2D eigenvalue weighted by molar-refractivity contribution is 5.85. The van der Waals surface area contributed by atoms with Crippen molar-refractivity contribution >= 4 is 5.71 Å². The molecule has 2 heterocycles. The molecule has 3 aliphatic rings. The molecule has 3 rings (SSSR count). The van der Waals surface area contributed by atoms with Crippen molar-refractivity contribution in [3.63, 3.8) is 0 Å². The van der Waals surface area contributed by atoms with E-state index in [1.807, 2.05) is 0 Å². The second kappa shape index (κ2) is 2.13. The van der Waals surface area contributed by atoms with Crippen LogP contribution in [0.4, 0.5) is 0 Å². The van der Waals surface area contributed by atoms with Gasteiger partial charge in [-0.1, -0.05) is 0 Å². The standard InChI is InChI=1S/C8H13N/c1-3-8-4-2-7(1)5-6-9-8/h7H,1-6H2. The summed E-state index contributed by atoms with van der Waals surface area (Å²) in [4.78, 5) is 4.50. The van der Waals surface area contributed by atoms with Crippen molar-refractivity contribution in [3.05, 3.63) is 0 Å². The fourth-order valence-electron chi connectivity index (χ4n) is 1.86. The van der Waals surface area contributed by atoms with Crippen molar-refractivity contribution in [1.29, 1.82) is 0 Å². The summed E-state index contributed by atoms with van der Waals surface area (Å²) in [5, 5.41) is 0. The minimum Gasteiger partial charge on any atom is -0.294 e. The van der Waals surface area contributed by atoms with E-state index in [-0.39, 0.29) is 0 Å². The Morgan fingerprint density at radius 3 is 2.67 bits per heavy atom. The maximum atomic E-state index is 4.50. The van der Waals surface area contributed by atoms with Crippen LogP contribution in [-0.4, -0.2) is 12.3 Å². The lowest BCUT2D eigenvalue weighted by molar-refractivity contribution is 0.436. The average molecular weight is 123 g/mol. The van der Waals surface area contributed by atoms with Crippen LogP contribution in [0.5, 0.6) is 0 Å². The van der Waals surface area contributed by atoms with E-state index in [9.17, 15) is 0 Å². The van der Waals surface area contributed by atoms with Crippen LogP contribution >= 0.6 is 0 Å². The van der Waals surface area contributed by atoms with E-state index >= 15 is 0 Å². The fourth-order valence-corrected chi connectivity index (χ4v) is 1.86. The normalized spacial score (nSPS) is 27.8. The van der Waals surface area contributed by atoms with Crippen molar-refractivity contribution in [2.24, 2.45) is 10.9 Å². The molecule has 1 saturated carbocycles. The second-order valence-electron chi connectivity index (χ2n) is 3.18. The zero-order valence-corrected chi connectivity index (χ0v) is 5.77. The number of hydrogen-bond donors (Lipinski definition) is 0. The highest BCUT2D eigenvalue weighted by atomic mass is 14.7. The Labute approximate surface area is 56.2 Å².